The minimum atomic E-state index is -1.23. The highest BCUT2D eigenvalue weighted by Gasteiger charge is 2.16. The second-order valence-electron chi connectivity index (χ2n) is 3.84. The molecule has 2 aromatic rings. The molecule has 0 spiro atoms. The maximum atomic E-state index is 13.7. The third kappa shape index (κ3) is 2.60. The van der Waals surface area contributed by atoms with Gasteiger partial charge in [0.15, 0.2) is 11.6 Å². The Bertz CT molecular complexity index is 625. The van der Waals surface area contributed by atoms with Gasteiger partial charge in [0.1, 0.15) is 5.69 Å². The first-order chi connectivity index (χ1) is 9.02. The van der Waals surface area contributed by atoms with Gasteiger partial charge in [-0.3, -0.25) is 5.10 Å². The van der Waals surface area contributed by atoms with Gasteiger partial charge >= 0.3 is 5.97 Å². The fourth-order valence-corrected chi connectivity index (χ4v) is 1.65. The first-order valence-corrected chi connectivity index (χ1v) is 5.29. The van der Waals surface area contributed by atoms with E-state index in [1.807, 2.05) is 0 Å². The van der Waals surface area contributed by atoms with Crippen LogP contribution in [0.4, 0.5) is 8.78 Å². The zero-order valence-corrected chi connectivity index (χ0v) is 9.91. The van der Waals surface area contributed by atoms with Crippen LogP contribution in [0.3, 0.4) is 0 Å². The van der Waals surface area contributed by atoms with Crippen molar-refractivity contribution >= 4 is 5.97 Å². The fraction of sp³-hybridized carbons (Fsp3) is 0.167. The normalized spacial score (nSPS) is 10.7. The number of aromatic carboxylic acids is 1. The number of hydrogen-bond donors (Lipinski definition) is 2. The van der Waals surface area contributed by atoms with Gasteiger partial charge in [-0.05, 0) is 23.8 Å². The lowest BCUT2D eigenvalue weighted by atomic mass is 10.1. The summed E-state index contributed by atoms with van der Waals surface area (Å²) in [7, 11) is 1.43. The van der Waals surface area contributed by atoms with E-state index in [1.54, 1.807) is 0 Å². The van der Waals surface area contributed by atoms with E-state index >= 15 is 0 Å². The molecule has 1 heterocycles. The summed E-state index contributed by atoms with van der Waals surface area (Å²) in [5.74, 6) is -3.35. The highest BCUT2D eigenvalue weighted by atomic mass is 19.2. The number of carbonyl (C=O) groups is 1. The SMILES string of the molecule is COCc1cc(F)c(F)c(-c2cc(C(=O)O)[nH]n2)c1. The summed E-state index contributed by atoms with van der Waals surface area (Å²) in [4.78, 5) is 10.7. The lowest BCUT2D eigenvalue weighted by molar-refractivity contribution is 0.0690. The predicted molar refractivity (Wildman–Crippen MR) is 61.6 cm³/mol. The van der Waals surface area contributed by atoms with Crippen molar-refractivity contribution in [2.75, 3.05) is 7.11 Å². The van der Waals surface area contributed by atoms with Crippen LogP contribution in [0.25, 0.3) is 11.3 Å². The van der Waals surface area contributed by atoms with Crippen molar-refractivity contribution in [2.24, 2.45) is 0 Å². The number of H-pyrrole nitrogens is 1. The van der Waals surface area contributed by atoms with Crippen LogP contribution in [-0.2, 0) is 11.3 Å². The van der Waals surface area contributed by atoms with Crippen molar-refractivity contribution in [3.05, 3.63) is 41.1 Å². The quantitative estimate of drug-likeness (QED) is 0.891. The van der Waals surface area contributed by atoms with E-state index in [0.717, 1.165) is 12.1 Å². The lowest BCUT2D eigenvalue weighted by Crippen LogP contribution is -1.96. The Morgan fingerprint density at radius 1 is 1.42 bits per heavy atom. The van der Waals surface area contributed by atoms with E-state index in [9.17, 15) is 13.6 Å². The van der Waals surface area contributed by atoms with E-state index in [-0.39, 0.29) is 23.6 Å². The molecule has 0 aliphatic carbocycles. The molecule has 1 aromatic carbocycles. The molecule has 2 rings (SSSR count). The number of ether oxygens (including phenoxy) is 1. The van der Waals surface area contributed by atoms with Gasteiger partial charge in [-0.15, -0.1) is 0 Å². The van der Waals surface area contributed by atoms with Gasteiger partial charge in [0.2, 0.25) is 0 Å². The zero-order valence-electron chi connectivity index (χ0n) is 9.91. The molecule has 0 radical (unpaired) electrons. The Morgan fingerprint density at radius 2 is 2.16 bits per heavy atom. The van der Waals surface area contributed by atoms with Gasteiger partial charge in [0.05, 0.1) is 12.3 Å². The first-order valence-electron chi connectivity index (χ1n) is 5.29. The smallest absolute Gasteiger partial charge is 0.353 e. The van der Waals surface area contributed by atoms with E-state index < -0.39 is 17.6 Å². The Morgan fingerprint density at radius 3 is 2.74 bits per heavy atom. The Balaban J connectivity index is 2.50. The number of rotatable bonds is 4. The minimum Gasteiger partial charge on any atom is -0.477 e. The minimum absolute atomic E-state index is 0.0201. The largest absolute Gasteiger partial charge is 0.477 e. The van der Waals surface area contributed by atoms with Crippen molar-refractivity contribution < 1.29 is 23.4 Å². The summed E-state index contributed by atoms with van der Waals surface area (Å²) in [6.07, 6.45) is 0. The number of carboxylic acid groups (broad SMARTS) is 1. The number of nitrogens with zero attached hydrogens (tertiary/aromatic N) is 1. The molecule has 0 aliphatic rings. The molecule has 0 atom stereocenters. The summed E-state index contributed by atoms with van der Waals surface area (Å²) in [6.45, 7) is 0.112. The van der Waals surface area contributed by atoms with Gasteiger partial charge in [0.25, 0.3) is 0 Å². The third-order valence-corrected chi connectivity index (χ3v) is 2.48. The van der Waals surface area contributed by atoms with Gasteiger partial charge in [-0.25, -0.2) is 13.6 Å². The molecule has 19 heavy (non-hydrogen) atoms. The number of aromatic nitrogens is 2. The fourth-order valence-electron chi connectivity index (χ4n) is 1.65. The first kappa shape index (κ1) is 13.2. The molecule has 0 amide bonds. The van der Waals surface area contributed by atoms with Gasteiger partial charge in [-0.1, -0.05) is 0 Å². The molecule has 0 aliphatic heterocycles. The topological polar surface area (TPSA) is 75.2 Å². The van der Waals surface area contributed by atoms with Crippen LogP contribution in [0.5, 0.6) is 0 Å². The molecule has 7 heteroatoms. The molecule has 1 aromatic heterocycles. The monoisotopic (exact) mass is 268 g/mol. The number of aromatic amines is 1. The Kier molecular flexibility index (Phi) is 3.57. The summed E-state index contributed by atoms with van der Waals surface area (Å²) < 4.78 is 32.0. The molecule has 0 saturated carbocycles. The van der Waals surface area contributed by atoms with Crippen molar-refractivity contribution in [2.45, 2.75) is 6.61 Å². The number of methoxy groups -OCH3 is 1. The highest BCUT2D eigenvalue weighted by molar-refractivity contribution is 5.86. The average molecular weight is 268 g/mol. The van der Waals surface area contributed by atoms with Crippen molar-refractivity contribution in [3.63, 3.8) is 0 Å². The molecule has 100 valence electrons. The molecular weight excluding hydrogens is 258 g/mol. The number of nitrogens with one attached hydrogen (secondary N) is 1. The molecule has 0 saturated heterocycles. The summed E-state index contributed by atoms with van der Waals surface area (Å²) >= 11 is 0. The van der Waals surface area contributed by atoms with Crippen LogP contribution in [0, 0.1) is 11.6 Å². The van der Waals surface area contributed by atoms with E-state index in [0.29, 0.717) is 5.56 Å². The maximum absolute atomic E-state index is 13.7. The van der Waals surface area contributed by atoms with Crippen LogP contribution < -0.4 is 0 Å². The van der Waals surface area contributed by atoms with Crippen LogP contribution in [-0.4, -0.2) is 28.4 Å². The lowest BCUT2D eigenvalue weighted by Gasteiger charge is -2.05. The molecule has 0 fully saturated rings. The standard InChI is InChI=1S/C12H10F2N2O3/c1-19-5-6-2-7(11(14)8(13)3-6)9-4-10(12(17)18)16-15-9/h2-4H,5H2,1H3,(H,15,16)(H,17,18). The van der Waals surface area contributed by atoms with Crippen LogP contribution >= 0.6 is 0 Å². The van der Waals surface area contributed by atoms with Crippen LogP contribution in [0.2, 0.25) is 0 Å². The Hall–Kier alpha value is -2.28. The summed E-state index contributed by atoms with van der Waals surface area (Å²) in [5.41, 5.74) is 0.130. The van der Waals surface area contributed by atoms with Crippen molar-refractivity contribution in [1.29, 1.82) is 0 Å². The molecule has 5 nitrogen and oxygen atoms in total. The van der Waals surface area contributed by atoms with Gasteiger partial charge < -0.3 is 9.84 Å². The maximum Gasteiger partial charge on any atom is 0.353 e. The Labute approximate surface area is 106 Å². The van der Waals surface area contributed by atoms with Crippen LogP contribution in [0.1, 0.15) is 16.1 Å². The predicted octanol–water partition coefficient (Wildman–Crippen LogP) is 2.20. The van der Waals surface area contributed by atoms with E-state index in [1.165, 1.54) is 13.2 Å². The van der Waals surface area contributed by atoms with Gasteiger partial charge in [-0.2, -0.15) is 5.10 Å². The average Bonchev–Trinajstić information content (AvgIpc) is 2.83. The zero-order chi connectivity index (χ0) is 14.0. The molecule has 0 bridgehead atoms. The summed E-state index contributed by atoms with van der Waals surface area (Å²) in [6, 6.07) is 3.52. The van der Waals surface area contributed by atoms with Crippen molar-refractivity contribution in [3.8, 4) is 11.3 Å². The number of benzene rings is 1. The molecule has 2 N–H and O–H groups in total. The van der Waals surface area contributed by atoms with E-state index in [2.05, 4.69) is 10.2 Å². The van der Waals surface area contributed by atoms with Gasteiger partial charge in [0, 0.05) is 12.7 Å². The second-order valence-corrected chi connectivity index (χ2v) is 3.84. The van der Waals surface area contributed by atoms with Crippen molar-refractivity contribution in [1.82, 2.24) is 10.2 Å². The van der Waals surface area contributed by atoms with E-state index in [4.69, 9.17) is 9.84 Å². The van der Waals surface area contributed by atoms with Crippen LogP contribution in [0.15, 0.2) is 18.2 Å². The highest BCUT2D eigenvalue weighted by Crippen LogP contribution is 2.25. The summed E-state index contributed by atoms with van der Waals surface area (Å²) in [5, 5.41) is 14.6. The number of hydrogen-bond acceptors (Lipinski definition) is 3. The number of halogens is 2. The number of carboxylic acids is 1. The molecular formula is C12H10F2N2O3. The molecule has 0 unspecified atom stereocenters. The second kappa shape index (κ2) is 5.15. The third-order valence-electron chi connectivity index (χ3n) is 2.48.